The Morgan fingerprint density at radius 2 is 1.85 bits per heavy atom. The molecule has 1 aliphatic heterocycles. The molecule has 39 heavy (non-hydrogen) atoms. The maximum Gasteiger partial charge on any atom is 0.133 e. The van der Waals surface area contributed by atoms with E-state index >= 15 is 0 Å². The second-order valence-corrected chi connectivity index (χ2v) is 9.58. The normalized spacial score (nSPS) is 15.1. The Morgan fingerprint density at radius 3 is 2.62 bits per heavy atom. The zero-order valence-corrected chi connectivity index (χ0v) is 21.9. The summed E-state index contributed by atoms with van der Waals surface area (Å²) in [6.45, 7) is 2.74. The number of hydrogen-bond acceptors (Lipinski definition) is 7. The molecule has 2 heterocycles. The highest BCUT2D eigenvalue weighted by Gasteiger charge is 2.21. The van der Waals surface area contributed by atoms with Gasteiger partial charge in [-0.3, -0.25) is 9.88 Å². The lowest BCUT2D eigenvalue weighted by atomic mass is 10.0. The molecule has 3 aromatic carbocycles. The first kappa shape index (κ1) is 26.2. The van der Waals surface area contributed by atoms with Crippen LogP contribution in [0, 0.1) is 11.3 Å². The fraction of sp³-hybridized carbons (Fsp3) is 0.250. The van der Waals surface area contributed by atoms with Crippen molar-refractivity contribution >= 4 is 0 Å². The van der Waals surface area contributed by atoms with E-state index in [4.69, 9.17) is 14.2 Å². The van der Waals surface area contributed by atoms with Gasteiger partial charge in [0, 0.05) is 60.3 Å². The molecular formula is C32H31N3O4. The summed E-state index contributed by atoms with van der Waals surface area (Å²) in [5.41, 5.74) is 5.34. The average Bonchev–Trinajstić information content (AvgIpc) is 3.40. The van der Waals surface area contributed by atoms with E-state index in [1.165, 1.54) is 6.20 Å². The van der Waals surface area contributed by atoms with E-state index in [1.54, 1.807) is 19.4 Å². The van der Waals surface area contributed by atoms with Crippen LogP contribution < -0.4 is 14.2 Å². The zero-order chi connectivity index (χ0) is 27.0. The Morgan fingerprint density at radius 1 is 0.974 bits per heavy atom. The van der Waals surface area contributed by atoms with E-state index in [1.807, 2.05) is 54.6 Å². The summed E-state index contributed by atoms with van der Waals surface area (Å²) >= 11 is 0. The van der Waals surface area contributed by atoms with Crippen LogP contribution in [0.3, 0.4) is 0 Å². The predicted octanol–water partition coefficient (Wildman–Crippen LogP) is 5.35. The molecule has 0 saturated carbocycles. The average molecular weight is 522 g/mol. The molecule has 7 nitrogen and oxygen atoms in total. The van der Waals surface area contributed by atoms with E-state index in [2.05, 4.69) is 28.1 Å². The molecule has 0 aliphatic carbocycles. The smallest absolute Gasteiger partial charge is 0.133 e. The number of benzene rings is 3. The van der Waals surface area contributed by atoms with Crippen molar-refractivity contribution in [3.63, 3.8) is 0 Å². The van der Waals surface area contributed by atoms with Crippen LogP contribution in [0.1, 0.15) is 28.7 Å². The molecule has 0 amide bonds. The van der Waals surface area contributed by atoms with E-state index in [9.17, 15) is 10.4 Å². The van der Waals surface area contributed by atoms with Gasteiger partial charge in [-0.25, -0.2) is 0 Å². The Balaban J connectivity index is 1.36. The molecule has 1 atom stereocenters. The highest BCUT2D eigenvalue weighted by atomic mass is 16.5. The van der Waals surface area contributed by atoms with E-state index in [-0.39, 0.29) is 12.7 Å². The van der Waals surface area contributed by atoms with Crippen molar-refractivity contribution in [1.29, 1.82) is 5.26 Å². The first-order chi connectivity index (χ1) is 19.1. The highest BCUT2D eigenvalue weighted by molar-refractivity contribution is 5.72. The number of pyridine rings is 1. The number of rotatable bonds is 10. The Kier molecular flexibility index (Phi) is 8.37. The minimum atomic E-state index is -0.293. The number of methoxy groups -OCH3 is 1. The van der Waals surface area contributed by atoms with Gasteiger partial charge in [-0.1, -0.05) is 54.6 Å². The molecule has 1 fully saturated rings. The maximum absolute atomic E-state index is 9.97. The van der Waals surface area contributed by atoms with E-state index in [0.717, 1.165) is 46.5 Å². The zero-order valence-electron chi connectivity index (χ0n) is 21.9. The molecule has 1 saturated heterocycles. The molecule has 198 valence electrons. The van der Waals surface area contributed by atoms with Crippen LogP contribution in [0.5, 0.6) is 17.2 Å². The van der Waals surface area contributed by atoms with Gasteiger partial charge in [0.05, 0.1) is 18.8 Å². The molecule has 1 N–H and O–H groups in total. The summed E-state index contributed by atoms with van der Waals surface area (Å²) < 4.78 is 18.3. The minimum Gasteiger partial charge on any atom is -0.496 e. The lowest BCUT2D eigenvalue weighted by Crippen LogP contribution is -2.21. The molecule has 0 spiro atoms. The summed E-state index contributed by atoms with van der Waals surface area (Å²) in [4.78, 5) is 6.35. The third-order valence-electron chi connectivity index (χ3n) is 6.78. The third kappa shape index (κ3) is 6.55. The largest absolute Gasteiger partial charge is 0.496 e. The number of likely N-dealkylation sites (tertiary alicyclic amines) is 1. The molecule has 4 aromatic rings. The van der Waals surface area contributed by atoms with Gasteiger partial charge in [0.15, 0.2) is 0 Å². The number of hydrogen-bond donors (Lipinski definition) is 1. The number of aromatic nitrogens is 1. The summed E-state index contributed by atoms with van der Waals surface area (Å²) in [5, 5.41) is 19.2. The van der Waals surface area contributed by atoms with Crippen molar-refractivity contribution in [2.24, 2.45) is 0 Å². The molecule has 0 radical (unpaired) electrons. The second kappa shape index (κ2) is 12.4. The second-order valence-electron chi connectivity index (χ2n) is 9.58. The summed E-state index contributed by atoms with van der Waals surface area (Å²) in [6, 6.07) is 25.9. The number of ether oxygens (including phenoxy) is 3. The fourth-order valence-electron chi connectivity index (χ4n) is 4.82. The fourth-order valence-corrected chi connectivity index (χ4v) is 4.82. The quantitative estimate of drug-likeness (QED) is 0.301. The predicted molar refractivity (Wildman–Crippen MR) is 148 cm³/mol. The number of nitriles is 1. The van der Waals surface area contributed by atoms with Crippen molar-refractivity contribution in [2.75, 3.05) is 20.2 Å². The lowest BCUT2D eigenvalue weighted by molar-refractivity contribution is 0.174. The third-order valence-corrected chi connectivity index (χ3v) is 6.78. The highest BCUT2D eigenvalue weighted by Crippen LogP contribution is 2.34. The maximum atomic E-state index is 9.97. The molecule has 1 aromatic heterocycles. The standard InChI is InChI=1S/C32H31N3O4/c1-37-32-27(8-5-9-30(32)25-6-3-2-4-7-25)22-38-29-11-10-26(19-35-13-12-28(36)20-35)31(15-29)39-21-24-14-23(16-33)17-34-18-24/h2-11,14-15,17-18,28,36H,12-13,19-22H2,1H3. The number of para-hydroxylation sites is 1. The van der Waals surface area contributed by atoms with Crippen molar-refractivity contribution in [3.8, 4) is 34.4 Å². The van der Waals surface area contributed by atoms with Crippen LogP contribution in [0.25, 0.3) is 11.1 Å². The molecular weight excluding hydrogens is 490 g/mol. The van der Waals surface area contributed by atoms with Gasteiger partial charge in [-0.15, -0.1) is 0 Å². The topological polar surface area (TPSA) is 87.8 Å². The van der Waals surface area contributed by atoms with Crippen molar-refractivity contribution in [1.82, 2.24) is 9.88 Å². The van der Waals surface area contributed by atoms with Gasteiger partial charge in [-0.05, 0) is 24.1 Å². The van der Waals surface area contributed by atoms with Crippen LogP contribution >= 0.6 is 0 Å². The van der Waals surface area contributed by atoms with Gasteiger partial charge in [0.25, 0.3) is 0 Å². The number of β-amino-alcohol motifs (C(OH)–C–C–N with tert-alkyl or cyclic N) is 1. The van der Waals surface area contributed by atoms with Crippen LogP contribution in [-0.4, -0.2) is 41.3 Å². The minimum absolute atomic E-state index is 0.272. The Bertz CT molecular complexity index is 1450. The van der Waals surface area contributed by atoms with E-state index < -0.39 is 0 Å². The van der Waals surface area contributed by atoms with Crippen LogP contribution in [-0.2, 0) is 19.8 Å². The monoisotopic (exact) mass is 521 g/mol. The van der Waals surface area contributed by atoms with Gasteiger partial charge in [-0.2, -0.15) is 5.26 Å². The van der Waals surface area contributed by atoms with Crippen LogP contribution in [0.2, 0.25) is 0 Å². The van der Waals surface area contributed by atoms with Gasteiger partial charge in [0.2, 0.25) is 0 Å². The first-order valence-electron chi connectivity index (χ1n) is 13.0. The van der Waals surface area contributed by atoms with Gasteiger partial charge in [0.1, 0.15) is 36.5 Å². The van der Waals surface area contributed by atoms with Crippen LogP contribution in [0.4, 0.5) is 0 Å². The molecule has 1 unspecified atom stereocenters. The molecule has 5 rings (SSSR count). The Labute approximate surface area is 228 Å². The van der Waals surface area contributed by atoms with Crippen molar-refractivity contribution in [2.45, 2.75) is 32.3 Å². The molecule has 1 aliphatic rings. The summed E-state index contributed by atoms with van der Waals surface area (Å²) in [7, 11) is 1.68. The number of nitrogens with zero attached hydrogens (tertiary/aromatic N) is 3. The molecule has 0 bridgehead atoms. The van der Waals surface area contributed by atoms with E-state index in [0.29, 0.717) is 36.8 Å². The number of aliphatic hydroxyl groups is 1. The van der Waals surface area contributed by atoms with Crippen LogP contribution in [0.15, 0.2) is 85.2 Å². The summed E-state index contributed by atoms with van der Waals surface area (Å²) in [6.07, 6.45) is 3.71. The van der Waals surface area contributed by atoms with Crippen molar-refractivity contribution in [3.05, 3.63) is 107 Å². The first-order valence-corrected chi connectivity index (χ1v) is 13.0. The van der Waals surface area contributed by atoms with Gasteiger partial charge >= 0.3 is 0 Å². The SMILES string of the molecule is COc1c(COc2ccc(CN3CCC(O)C3)c(OCc3cncc(C#N)c3)c2)cccc1-c1ccccc1. The number of aliphatic hydroxyl groups excluding tert-OH is 1. The van der Waals surface area contributed by atoms with Crippen molar-refractivity contribution < 1.29 is 19.3 Å². The lowest BCUT2D eigenvalue weighted by Gasteiger charge is -2.19. The van der Waals surface area contributed by atoms with Gasteiger partial charge < -0.3 is 19.3 Å². The molecule has 7 heteroatoms. The summed E-state index contributed by atoms with van der Waals surface area (Å²) in [5.74, 6) is 2.15. The Hall–Kier alpha value is -4.38.